The Morgan fingerprint density at radius 3 is 0.714 bits per heavy atom. The van der Waals surface area contributed by atoms with Gasteiger partial charge in [-0.3, -0.25) is 0 Å². The van der Waals surface area contributed by atoms with Crippen LogP contribution in [0.3, 0.4) is 0 Å². The molecule has 0 radical (unpaired) electrons. The van der Waals surface area contributed by atoms with E-state index in [0.717, 1.165) is 91.9 Å². The molecule has 0 amide bonds. The first-order valence-corrected chi connectivity index (χ1v) is 59.1. The van der Waals surface area contributed by atoms with Gasteiger partial charge in [0.2, 0.25) is 23.5 Å². The third kappa shape index (κ3) is 29.2. The number of aryl methyl sites for hydroxylation is 5. The Hall–Kier alpha value is -11.0. The second-order valence-electron chi connectivity index (χ2n) is 37.6. The summed E-state index contributed by atoms with van der Waals surface area (Å²) in [7, 11) is -7.54. The molecule has 1 unspecified atom stereocenters. The summed E-state index contributed by atoms with van der Waals surface area (Å²) in [5, 5.41) is 0.0576. The molecule has 0 aromatic carbocycles. The van der Waals surface area contributed by atoms with Gasteiger partial charge in [0.25, 0.3) is 0 Å². The summed E-state index contributed by atoms with van der Waals surface area (Å²) in [6.07, 6.45) is 9.84. The molecule has 0 spiro atoms. The van der Waals surface area contributed by atoms with Crippen molar-refractivity contribution in [3.63, 3.8) is 0 Å². The van der Waals surface area contributed by atoms with Gasteiger partial charge in [0.15, 0.2) is 58.2 Å². The van der Waals surface area contributed by atoms with Gasteiger partial charge in [-0.05, 0) is 113 Å². The minimum absolute atomic E-state index is 0.0788. The predicted octanol–water partition coefficient (Wildman–Crippen LogP) is 12.3. The number of morpholine rings is 5. The number of ether oxygens (including phenoxy) is 13. The Kier molecular flexibility index (Phi) is 36.6. The second kappa shape index (κ2) is 48.8. The van der Waals surface area contributed by atoms with Crippen molar-refractivity contribution in [3.05, 3.63) is 125 Å². The number of rotatable bonds is 24. The highest BCUT2D eigenvalue weighted by molar-refractivity contribution is 7.94. The molecule has 9 aliphatic heterocycles. The highest BCUT2D eigenvalue weighted by Crippen LogP contribution is 2.38. The molecule has 10 aromatic heterocycles. The van der Waals surface area contributed by atoms with Crippen LogP contribution in [0, 0.1) is 34.6 Å². The molecule has 10 aromatic rings. The van der Waals surface area contributed by atoms with E-state index in [-0.39, 0.29) is 51.2 Å². The smallest absolute Gasteiger partial charge is 0.214 e. The maximum absolute atomic E-state index is 13.1. The zero-order chi connectivity index (χ0) is 105. The Morgan fingerprint density at radius 1 is 0.293 bits per heavy atom. The molecule has 9 fully saturated rings. The number of anilines is 5. The van der Waals surface area contributed by atoms with Crippen molar-refractivity contribution in [3.8, 4) is 80.5 Å². The normalized spacial score (nSPS) is 20.9. The Morgan fingerprint density at radius 2 is 0.510 bits per heavy atom. The molecule has 19 rings (SSSR count). The third-order valence-corrected chi connectivity index (χ3v) is 34.0. The van der Waals surface area contributed by atoms with Gasteiger partial charge in [0, 0.05) is 191 Å². The van der Waals surface area contributed by atoms with Crippen LogP contribution in [0.5, 0.6) is 23.5 Å². The van der Waals surface area contributed by atoms with Gasteiger partial charge in [-0.15, -0.1) is 0 Å². The minimum atomic E-state index is -2.48. The van der Waals surface area contributed by atoms with Crippen molar-refractivity contribution in [2.45, 2.75) is 127 Å². The van der Waals surface area contributed by atoms with E-state index in [0.29, 0.717) is 239 Å². The van der Waals surface area contributed by atoms with Crippen LogP contribution in [0.15, 0.2) is 113 Å². The van der Waals surface area contributed by atoms with Crippen molar-refractivity contribution in [1.82, 2.24) is 74.8 Å². The van der Waals surface area contributed by atoms with E-state index in [1.807, 2.05) is 77.9 Å². The molecule has 19 heterocycles. The number of halogens is 1. The first-order chi connectivity index (χ1) is 70.1. The molecular weight excluding hydrogens is 2010 g/mol. The van der Waals surface area contributed by atoms with Crippen LogP contribution in [0.25, 0.3) is 56.9 Å². The Labute approximate surface area is 866 Å². The van der Waals surface area contributed by atoms with Gasteiger partial charge in [-0.2, -0.15) is 21.8 Å². The number of hydrogen-bond donors (Lipinski definition) is 0. The van der Waals surface area contributed by atoms with Crippen LogP contribution < -0.4 is 43.4 Å². The highest BCUT2D eigenvalue weighted by atomic mass is 35.5. The topological polar surface area (TPSA) is 477 Å². The molecule has 0 aliphatic carbocycles. The molecule has 147 heavy (non-hydrogen) atoms. The summed E-state index contributed by atoms with van der Waals surface area (Å²) >= 11 is 6.15. The first-order valence-electron chi connectivity index (χ1n) is 48.5. The summed E-state index contributed by atoms with van der Waals surface area (Å²) < 4.78 is 157. The summed E-state index contributed by atoms with van der Waals surface area (Å²) in [4.78, 5) is 79.4. The lowest BCUT2D eigenvalue weighted by Gasteiger charge is -2.34. The van der Waals surface area contributed by atoms with Crippen molar-refractivity contribution in [2.24, 2.45) is 21.8 Å². The number of hydrogen-bond acceptors (Lipinski definition) is 43. The lowest BCUT2D eigenvalue weighted by Crippen LogP contribution is -2.44. The van der Waals surface area contributed by atoms with Crippen LogP contribution >= 0.6 is 11.6 Å². The Balaban J connectivity index is 0.000000138. The van der Waals surface area contributed by atoms with Gasteiger partial charge in [0.1, 0.15) is 34.2 Å². The van der Waals surface area contributed by atoms with Gasteiger partial charge in [-0.1, -0.05) is 11.6 Å². The lowest BCUT2D eigenvalue weighted by molar-refractivity contribution is 0.0430. The molecular formula is C98H132ClN25O18S5. The van der Waals surface area contributed by atoms with Crippen molar-refractivity contribution < 1.29 is 82.6 Å². The van der Waals surface area contributed by atoms with Crippen molar-refractivity contribution in [1.29, 1.82) is 0 Å². The molecule has 49 heteroatoms. The number of aromatic nitrogens is 15. The molecule has 9 saturated heterocycles. The average Bonchev–Trinajstić information content (AvgIpc) is 0.790. The number of nitrogens with zero attached hydrogens (tertiary/aromatic N) is 25. The summed E-state index contributed by atoms with van der Waals surface area (Å²) in [6, 6.07) is 28.2. The van der Waals surface area contributed by atoms with Crippen molar-refractivity contribution in [2.75, 3.05) is 242 Å². The van der Waals surface area contributed by atoms with Gasteiger partial charge >= 0.3 is 0 Å². The van der Waals surface area contributed by atoms with Gasteiger partial charge < -0.3 is 86.1 Å². The lowest BCUT2D eigenvalue weighted by atomic mass is 10.2. The van der Waals surface area contributed by atoms with Gasteiger partial charge in [0.05, 0.1) is 237 Å². The molecule has 0 N–H and O–H groups in total. The minimum Gasteiger partial charge on any atom is -0.481 e. The summed E-state index contributed by atoms with van der Waals surface area (Å²) in [5.74, 6) is 10.2. The molecule has 0 bridgehead atoms. The molecule has 9 aliphatic rings. The van der Waals surface area contributed by atoms with E-state index in [1.165, 1.54) is 0 Å². The van der Waals surface area contributed by atoms with E-state index in [2.05, 4.69) is 131 Å². The van der Waals surface area contributed by atoms with Crippen molar-refractivity contribution >= 4 is 118 Å². The zero-order valence-electron chi connectivity index (χ0n) is 86.8. The van der Waals surface area contributed by atoms with Crippen LogP contribution in [0.4, 0.5) is 58.2 Å². The summed E-state index contributed by atoms with van der Waals surface area (Å²) in [5.41, 5.74) is 7.81. The first kappa shape index (κ1) is 110. The fourth-order valence-electron chi connectivity index (χ4n) is 16.6. The highest BCUT2D eigenvalue weighted by Gasteiger charge is 2.36. The monoisotopic (exact) mass is 2140 g/mol. The quantitative estimate of drug-likeness (QED) is 0.0507. The van der Waals surface area contributed by atoms with E-state index < -0.39 is 48.6 Å². The zero-order valence-corrected chi connectivity index (χ0v) is 91.6. The van der Waals surface area contributed by atoms with Gasteiger partial charge in [-0.25, -0.2) is 95.8 Å². The van der Waals surface area contributed by atoms with E-state index >= 15 is 0 Å². The Bertz CT molecular complexity index is 6640. The fourth-order valence-corrected chi connectivity index (χ4v) is 22.6. The molecule has 794 valence electrons. The average molecular weight is 2140 g/mol. The number of methoxy groups -OCH3 is 3. The van der Waals surface area contributed by atoms with E-state index in [1.54, 1.807) is 113 Å². The SMILES string of the molecule is CCOc1cc(-c2nc(N=S(C)(C)=O)cc(N3CCOC[C@H]3C)n2)cc(C)n1.COc1cc(-c2nc(N=S(C)(=O)C3COC3)cc(N3CCOC[C@H]3C)n2)cc(C)n1.COc1cc(-c2nc(N=[S@@](C)(=O)C3COC3)cc(N3CCOC[C@H]3C)n2)cc(C)n1.COc1cc(-c2nc(N=[S@](C)(=O)C3COC3)cc(N3CCOC[C@H]3C)n2)cc(C)n1.Cc1cc(-c2nc(N=[S@](C)(=O)C3COC3)cc(N3CCOC[C@H]3C)n2)cc(Cl)n1. The summed E-state index contributed by atoms with van der Waals surface area (Å²) in [6.45, 7) is 35.9. The van der Waals surface area contributed by atoms with Crippen LogP contribution in [-0.4, -0.2) is 364 Å². The number of pyridine rings is 5. The largest absolute Gasteiger partial charge is 0.481 e. The van der Waals surface area contributed by atoms with E-state index in [9.17, 15) is 21.0 Å². The molecule has 9 atom stereocenters. The predicted molar refractivity (Wildman–Crippen MR) is 569 cm³/mol. The third-order valence-electron chi connectivity index (χ3n) is 25.0. The van der Waals surface area contributed by atoms with Crippen LogP contribution in [0.1, 0.15) is 70.0 Å². The second-order valence-corrected chi connectivity index (χ2v) is 50.8. The molecule has 43 nitrogen and oxygen atoms in total. The van der Waals surface area contributed by atoms with E-state index in [4.69, 9.17) is 98.1 Å². The van der Waals surface area contributed by atoms with Crippen LogP contribution in [-0.2, 0) is 91.3 Å². The fraction of sp³-hybridized carbons (Fsp3) is 0.541. The van der Waals surface area contributed by atoms with Crippen LogP contribution in [0.2, 0.25) is 5.15 Å². The maximum Gasteiger partial charge on any atom is 0.214 e. The maximum atomic E-state index is 13.1. The molecule has 0 saturated carbocycles. The standard InChI is InChI=1S/3C20H27N5O4S.C19H24ClN5O3S.C19H27N5O3S/c3*1-13-7-15(8-19(21-13)27-3)20-22-17(24-30(4,26)16-11-29-12-16)9-18(23-20)25-5-6-28-10-14(25)2;1-12-6-14(7-16(20)21-12)19-22-17(24-29(3,26)15-10-28-11-15)8-18(23-19)25-4-5-27-9-13(25)2;1-6-27-18-10-15(9-13(2)20-18)19-21-16(23-28(4,5)25)11-17(22-19)24-7-8-26-12-14(24)3/h3*7-9,14,16H,5-6,10-12H2,1-4H3;6-8,13,15H,4-5,9-11H2,1-3H3;9-11,14H,6-8,12H2,1-5H3/t14-,30?;14-,30+;14-,30-;13-,29-;14-/m11111/s1.